The second kappa shape index (κ2) is 5.52. The number of rotatable bonds is 4. The summed E-state index contributed by atoms with van der Waals surface area (Å²) in [6.07, 6.45) is 6.28. The summed E-state index contributed by atoms with van der Waals surface area (Å²) >= 11 is 0. The molecule has 1 saturated heterocycles. The monoisotopic (exact) mass is 250 g/mol. The van der Waals surface area contributed by atoms with Crippen molar-refractivity contribution in [2.24, 2.45) is 5.41 Å². The van der Waals surface area contributed by atoms with E-state index in [2.05, 4.69) is 22.2 Å². The average molecular weight is 250 g/mol. The number of aromatic nitrogens is 2. The lowest BCUT2D eigenvalue weighted by Gasteiger charge is -2.38. The molecule has 0 saturated carbocycles. The van der Waals surface area contributed by atoms with Gasteiger partial charge in [0.05, 0.1) is 12.0 Å². The molecule has 5 nitrogen and oxygen atoms in total. The summed E-state index contributed by atoms with van der Waals surface area (Å²) in [5, 5.41) is 3.32. The van der Waals surface area contributed by atoms with E-state index >= 15 is 0 Å². The molecule has 0 radical (unpaired) electrons. The molecule has 0 spiro atoms. The van der Waals surface area contributed by atoms with Gasteiger partial charge in [0.15, 0.2) is 0 Å². The van der Waals surface area contributed by atoms with Crippen molar-refractivity contribution in [3.8, 4) is 0 Å². The number of piperidine rings is 1. The van der Waals surface area contributed by atoms with Crippen molar-refractivity contribution in [2.45, 2.75) is 32.7 Å². The van der Waals surface area contributed by atoms with Crippen LogP contribution in [0.25, 0.3) is 0 Å². The summed E-state index contributed by atoms with van der Waals surface area (Å²) in [6, 6.07) is 0. The summed E-state index contributed by atoms with van der Waals surface area (Å²) in [6.45, 7) is 4.55. The third-order valence-corrected chi connectivity index (χ3v) is 3.98. The third kappa shape index (κ3) is 2.56. The van der Waals surface area contributed by atoms with Crippen LogP contribution in [0, 0.1) is 5.41 Å². The summed E-state index contributed by atoms with van der Waals surface area (Å²) in [5.74, 6) is 1.09. The predicted octanol–water partition coefficient (Wildman–Crippen LogP) is 1.15. The fourth-order valence-corrected chi connectivity index (χ4v) is 2.71. The Morgan fingerprint density at radius 1 is 1.50 bits per heavy atom. The molecule has 1 fully saturated rings. The SMILES string of the molecule is CCC1(C(=O)N(C)Cc2ncc[nH]2)CCNCC1. The smallest absolute Gasteiger partial charge is 0.229 e. The van der Waals surface area contributed by atoms with E-state index in [1.807, 2.05) is 7.05 Å². The summed E-state index contributed by atoms with van der Waals surface area (Å²) in [5.41, 5.74) is -0.174. The lowest BCUT2D eigenvalue weighted by molar-refractivity contribution is -0.143. The number of H-pyrrole nitrogens is 1. The molecule has 1 aliphatic heterocycles. The van der Waals surface area contributed by atoms with Crippen LogP contribution in [0.2, 0.25) is 0 Å². The number of imidazole rings is 1. The van der Waals surface area contributed by atoms with Crippen LogP contribution in [0.3, 0.4) is 0 Å². The summed E-state index contributed by atoms with van der Waals surface area (Å²) in [7, 11) is 1.87. The highest BCUT2D eigenvalue weighted by Gasteiger charge is 2.39. The topological polar surface area (TPSA) is 61.0 Å². The molecule has 18 heavy (non-hydrogen) atoms. The molecule has 0 unspecified atom stereocenters. The van der Waals surface area contributed by atoms with Crippen LogP contribution >= 0.6 is 0 Å². The largest absolute Gasteiger partial charge is 0.347 e. The Kier molecular flexibility index (Phi) is 4.01. The van der Waals surface area contributed by atoms with E-state index in [-0.39, 0.29) is 11.3 Å². The number of hydrogen-bond donors (Lipinski definition) is 2. The highest BCUT2D eigenvalue weighted by molar-refractivity contribution is 5.82. The fraction of sp³-hybridized carbons (Fsp3) is 0.692. The summed E-state index contributed by atoms with van der Waals surface area (Å²) in [4.78, 5) is 21.6. The highest BCUT2D eigenvalue weighted by Crippen LogP contribution is 2.34. The van der Waals surface area contributed by atoms with Crippen molar-refractivity contribution in [3.63, 3.8) is 0 Å². The zero-order chi connectivity index (χ0) is 13.0. The van der Waals surface area contributed by atoms with Crippen molar-refractivity contribution < 1.29 is 4.79 Å². The van der Waals surface area contributed by atoms with Crippen LogP contribution in [0.15, 0.2) is 12.4 Å². The van der Waals surface area contributed by atoms with Crippen molar-refractivity contribution in [1.82, 2.24) is 20.2 Å². The minimum atomic E-state index is -0.174. The van der Waals surface area contributed by atoms with Gasteiger partial charge in [-0.3, -0.25) is 4.79 Å². The van der Waals surface area contributed by atoms with Gasteiger partial charge in [0.25, 0.3) is 0 Å². The lowest BCUT2D eigenvalue weighted by atomic mass is 9.75. The minimum Gasteiger partial charge on any atom is -0.347 e. The van der Waals surface area contributed by atoms with Gasteiger partial charge in [-0.1, -0.05) is 6.92 Å². The molecule has 0 aliphatic carbocycles. The van der Waals surface area contributed by atoms with Gasteiger partial charge in [-0.15, -0.1) is 0 Å². The number of nitrogens with one attached hydrogen (secondary N) is 2. The van der Waals surface area contributed by atoms with Crippen molar-refractivity contribution in [2.75, 3.05) is 20.1 Å². The molecule has 2 heterocycles. The van der Waals surface area contributed by atoms with Gasteiger partial charge in [-0.25, -0.2) is 4.98 Å². The highest BCUT2D eigenvalue weighted by atomic mass is 16.2. The number of amides is 1. The Bertz CT molecular complexity index is 382. The number of carbonyl (C=O) groups excluding carboxylic acids is 1. The second-order valence-electron chi connectivity index (χ2n) is 5.08. The van der Waals surface area contributed by atoms with E-state index in [1.165, 1.54) is 0 Å². The molecule has 5 heteroatoms. The van der Waals surface area contributed by atoms with E-state index in [9.17, 15) is 4.79 Å². The van der Waals surface area contributed by atoms with Crippen molar-refractivity contribution in [1.29, 1.82) is 0 Å². The molecule has 1 aromatic heterocycles. The molecule has 0 atom stereocenters. The fourth-order valence-electron chi connectivity index (χ4n) is 2.71. The Morgan fingerprint density at radius 2 is 2.22 bits per heavy atom. The van der Waals surface area contributed by atoms with Crippen LogP contribution in [0.5, 0.6) is 0 Å². The van der Waals surface area contributed by atoms with E-state index < -0.39 is 0 Å². The molecule has 100 valence electrons. The van der Waals surface area contributed by atoms with Gasteiger partial charge >= 0.3 is 0 Å². The van der Waals surface area contributed by atoms with Crippen LogP contribution < -0.4 is 5.32 Å². The van der Waals surface area contributed by atoms with Crippen LogP contribution in [-0.2, 0) is 11.3 Å². The van der Waals surface area contributed by atoms with E-state index in [4.69, 9.17) is 0 Å². The maximum Gasteiger partial charge on any atom is 0.229 e. The number of nitrogens with zero attached hydrogens (tertiary/aromatic N) is 2. The van der Waals surface area contributed by atoms with Crippen LogP contribution in [0.4, 0.5) is 0 Å². The standard InChI is InChI=1S/C13H22N4O/c1-3-13(4-6-14-7-5-13)12(18)17(2)10-11-15-8-9-16-11/h8-9,14H,3-7,10H2,1-2H3,(H,15,16). The Morgan fingerprint density at radius 3 is 2.78 bits per heavy atom. The lowest BCUT2D eigenvalue weighted by Crippen LogP contribution is -2.47. The molecule has 1 aliphatic rings. The zero-order valence-electron chi connectivity index (χ0n) is 11.2. The second-order valence-corrected chi connectivity index (χ2v) is 5.08. The first-order chi connectivity index (χ1) is 8.68. The van der Waals surface area contributed by atoms with E-state index in [1.54, 1.807) is 17.3 Å². The molecule has 2 N–H and O–H groups in total. The first-order valence-corrected chi connectivity index (χ1v) is 6.62. The molecule has 1 aromatic rings. The maximum absolute atomic E-state index is 12.6. The number of hydrogen-bond acceptors (Lipinski definition) is 3. The van der Waals surface area contributed by atoms with Crippen LogP contribution in [0.1, 0.15) is 32.0 Å². The van der Waals surface area contributed by atoms with Gasteiger partial charge in [0.1, 0.15) is 5.82 Å². The van der Waals surface area contributed by atoms with Gasteiger partial charge in [-0.2, -0.15) is 0 Å². The minimum absolute atomic E-state index is 0.174. The molecule has 1 amide bonds. The molecule has 0 bridgehead atoms. The van der Waals surface area contributed by atoms with Crippen LogP contribution in [-0.4, -0.2) is 40.9 Å². The molecule has 2 rings (SSSR count). The Hall–Kier alpha value is -1.36. The quantitative estimate of drug-likeness (QED) is 0.842. The van der Waals surface area contributed by atoms with Gasteiger partial charge in [-0.05, 0) is 32.4 Å². The molecule has 0 aromatic carbocycles. The Balaban J connectivity index is 2.04. The predicted molar refractivity (Wildman–Crippen MR) is 69.9 cm³/mol. The van der Waals surface area contributed by atoms with Gasteiger partial charge in [0.2, 0.25) is 5.91 Å². The van der Waals surface area contributed by atoms with Gasteiger partial charge in [0, 0.05) is 19.4 Å². The van der Waals surface area contributed by atoms with Crippen molar-refractivity contribution >= 4 is 5.91 Å². The summed E-state index contributed by atoms with van der Waals surface area (Å²) < 4.78 is 0. The van der Waals surface area contributed by atoms with Gasteiger partial charge < -0.3 is 15.2 Å². The normalized spacial score (nSPS) is 18.6. The first kappa shape index (κ1) is 13.1. The first-order valence-electron chi connectivity index (χ1n) is 6.62. The maximum atomic E-state index is 12.6. The van der Waals surface area contributed by atoms with Crippen molar-refractivity contribution in [3.05, 3.63) is 18.2 Å². The Labute approximate surface area is 108 Å². The van der Waals surface area contributed by atoms with E-state index in [0.29, 0.717) is 6.54 Å². The number of carbonyl (C=O) groups is 1. The molecular formula is C13H22N4O. The zero-order valence-corrected chi connectivity index (χ0v) is 11.2. The number of aromatic amines is 1. The molecular weight excluding hydrogens is 228 g/mol. The third-order valence-electron chi connectivity index (χ3n) is 3.98. The average Bonchev–Trinajstić information content (AvgIpc) is 2.91. The van der Waals surface area contributed by atoms with E-state index in [0.717, 1.165) is 38.2 Å².